The predicted octanol–water partition coefficient (Wildman–Crippen LogP) is 14.4. The van der Waals surface area contributed by atoms with Crippen LogP contribution in [0.4, 0.5) is 0 Å². The highest BCUT2D eigenvalue weighted by Crippen LogP contribution is 2.39. The van der Waals surface area contributed by atoms with Crippen LogP contribution in [-0.2, 0) is 0 Å². The molecule has 4 aromatic heterocycles. The molecular weight excluding hydrogens is 719 g/mol. The van der Waals surface area contributed by atoms with Gasteiger partial charge in [-0.3, -0.25) is 0 Å². The number of thiophene rings is 1. The van der Waals surface area contributed by atoms with Gasteiger partial charge in [0.2, 0.25) is 0 Å². The van der Waals surface area contributed by atoms with Crippen LogP contribution in [0.5, 0.6) is 0 Å². The Balaban J connectivity index is 1.06. The Bertz CT molecular complexity index is 3880. The van der Waals surface area contributed by atoms with E-state index < -0.39 is 0 Å². The molecule has 0 bridgehead atoms. The summed E-state index contributed by atoms with van der Waals surface area (Å²) in [5.74, 6) is 0.564. The Morgan fingerprint density at radius 2 is 0.982 bits per heavy atom. The molecule has 0 saturated heterocycles. The number of aromatic nitrogens is 3. The lowest BCUT2D eigenvalue weighted by Crippen LogP contribution is -2.00. The molecule has 5 nitrogen and oxygen atoms in total. The number of rotatable bonds is 5. The lowest BCUT2D eigenvalue weighted by Gasteiger charge is -2.09. The smallest absolute Gasteiger partial charge is 0.164 e. The summed E-state index contributed by atoms with van der Waals surface area (Å²) >= 11 is 1.61. The number of benzene rings is 8. The summed E-state index contributed by atoms with van der Waals surface area (Å²) in [4.78, 5) is 14.7. The number of para-hydroxylation sites is 1. The van der Waals surface area contributed by atoms with Crippen molar-refractivity contribution >= 4 is 75.4 Å². The van der Waals surface area contributed by atoms with E-state index >= 15 is 0 Å². The van der Waals surface area contributed by atoms with Crippen molar-refractivity contribution in [2.75, 3.05) is 0 Å². The molecule has 6 heteroatoms. The van der Waals surface area contributed by atoms with E-state index in [1.165, 1.54) is 0 Å². The van der Waals surface area contributed by atoms with E-state index in [-0.39, 0.29) is 81.0 Å². The van der Waals surface area contributed by atoms with Crippen molar-refractivity contribution < 1.29 is 17.1 Å². The average Bonchev–Trinajstić information content (AvgIpc) is 4.02. The second-order valence-electron chi connectivity index (χ2n) is 13.9. The second kappa shape index (κ2) is 12.6. The van der Waals surface area contributed by atoms with Gasteiger partial charge in [0.25, 0.3) is 0 Å². The lowest BCUT2D eigenvalue weighted by atomic mass is 10.0. The highest BCUT2D eigenvalue weighted by atomic mass is 32.1. The van der Waals surface area contributed by atoms with Crippen molar-refractivity contribution in [2.45, 2.75) is 0 Å². The van der Waals surface area contributed by atoms with Gasteiger partial charge in [-0.15, -0.1) is 11.3 Å². The zero-order chi connectivity index (χ0) is 42.7. The number of furan rings is 2. The minimum Gasteiger partial charge on any atom is -0.456 e. The van der Waals surface area contributed by atoms with Gasteiger partial charge in [0.1, 0.15) is 22.3 Å². The minimum atomic E-state index is -0.344. The molecule has 4 heterocycles. The molecule has 0 aliphatic rings. The highest BCUT2D eigenvalue weighted by Gasteiger charge is 2.17. The second-order valence-corrected chi connectivity index (χ2v) is 15.0. The maximum Gasteiger partial charge on any atom is 0.164 e. The summed E-state index contributed by atoms with van der Waals surface area (Å²) in [7, 11) is 0. The maximum atomic E-state index is 9.58. The predicted molar refractivity (Wildman–Crippen MR) is 234 cm³/mol. The average molecular weight is 754 g/mol. The van der Waals surface area contributed by atoms with Crippen LogP contribution in [0.3, 0.4) is 0 Å². The third-order valence-corrected chi connectivity index (χ3v) is 11.6. The van der Waals surface area contributed by atoms with Gasteiger partial charge in [0.05, 0.1) is 8.22 Å². The van der Waals surface area contributed by atoms with Crippen molar-refractivity contribution in [1.29, 1.82) is 0 Å². The molecule has 8 aromatic carbocycles. The zero-order valence-corrected chi connectivity index (χ0v) is 30.7. The first-order valence-electron chi connectivity index (χ1n) is 21.4. The van der Waals surface area contributed by atoms with Crippen LogP contribution < -0.4 is 0 Å². The number of nitrogens with zero attached hydrogens (tertiary/aromatic N) is 3. The standard InChI is InChI=1S/C51H29N3O2S/c1-2-8-30(9-3-1)31-14-16-32(17-15-31)49-52-50(35-21-25-44-42(27-35)37-10-4-6-12-43(37)55-44)54-51(53-49)36-19-22-38-41-26-33(20-24-45(41)56-46(38)28-36)34-18-23-40-39-11-5-7-13-47(39)57-48(40)29-34/h1-29H/i19D,20D,22D,24D,26D,28D. The molecule has 266 valence electrons. The number of hydrogen-bond acceptors (Lipinski definition) is 6. The van der Waals surface area contributed by atoms with Crippen LogP contribution in [0.1, 0.15) is 8.22 Å². The molecule has 0 aliphatic heterocycles. The van der Waals surface area contributed by atoms with E-state index in [0.717, 1.165) is 47.7 Å². The molecule has 0 unspecified atom stereocenters. The fourth-order valence-electron chi connectivity index (χ4n) is 7.58. The van der Waals surface area contributed by atoms with Crippen molar-refractivity contribution in [3.8, 4) is 56.4 Å². The monoisotopic (exact) mass is 753 g/mol. The fraction of sp³-hybridized carbons (Fsp3) is 0. The zero-order valence-electron chi connectivity index (χ0n) is 35.8. The van der Waals surface area contributed by atoms with E-state index in [1.807, 2.05) is 127 Å². The molecule has 0 N–H and O–H groups in total. The molecule has 12 aromatic rings. The van der Waals surface area contributed by atoms with E-state index in [2.05, 4.69) is 12.1 Å². The van der Waals surface area contributed by atoms with Gasteiger partial charge in [0.15, 0.2) is 17.5 Å². The molecule has 57 heavy (non-hydrogen) atoms. The van der Waals surface area contributed by atoms with Gasteiger partial charge in [-0.2, -0.15) is 0 Å². The molecule has 0 aliphatic carbocycles. The van der Waals surface area contributed by atoms with Gasteiger partial charge >= 0.3 is 0 Å². The SMILES string of the molecule is [2H]c1c(-c2ccc3c(c2)sc2ccccc23)c([2H])c2c(oc3c([2H])c(-c4nc(-c5ccc(-c6ccccc6)cc5)nc(-c5ccc6oc7ccccc7c6c5)n4)c([2H])c([2H])c32)c1[2H]. The topological polar surface area (TPSA) is 65.0 Å². The first kappa shape index (κ1) is 26.4. The van der Waals surface area contributed by atoms with E-state index in [0.29, 0.717) is 28.1 Å². The van der Waals surface area contributed by atoms with Crippen molar-refractivity contribution in [3.63, 3.8) is 0 Å². The normalized spacial score (nSPS) is 13.3. The van der Waals surface area contributed by atoms with E-state index in [4.69, 9.17) is 26.5 Å². The van der Waals surface area contributed by atoms with Gasteiger partial charge in [-0.25, -0.2) is 15.0 Å². The minimum absolute atomic E-state index is 0.0131. The third kappa shape index (κ3) is 5.34. The summed E-state index contributed by atoms with van der Waals surface area (Å²) in [5.41, 5.74) is 5.36. The molecule has 0 amide bonds. The summed E-state index contributed by atoms with van der Waals surface area (Å²) in [6.45, 7) is 0. The summed E-state index contributed by atoms with van der Waals surface area (Å²) in [6, 6.07) is 43.6. The van der Waals surface area contributed by atoms with Crippen LogP contribution in [0.2, 0.25) is 0 Å². The van der Waals surface area contributed by atoms with Gasteiger partial charge in [-0.05, 0) is 82.8 Å². The number of fused-ring (bicyclic) bond motifs is 9. The maximum absolute atomic E-state index is 9.58. The van der Waals surface area contributed by atoms with Gasteiger partial charge in [0, 0.05) is 58.4 Å². The third-order valence-electron chi connectivity index (χ3n) is 10.4. The van der Waals surface area contributed by atoms with Gasteiger partial charge in [-0.1, -0.05) is 115 Å². The molecule has 0 radical (unpaired) electrons. The van der Waals surface area contributed by atoms with Crippen LogP contribution in [0, 0.1) is 0 Å². The molecule has 0 spiro atoms. The quantitative estimate of drug-likeness (QED) is 0.175. The Morgan fingerprint density at radius 3 is 1.86 bits per heavy atom. The van der Waals surface area contributed by atoms with Crippen molar-refractivity contribution in [2.24, 2.45) is 0 Å². The van der Waals surface area contributed by atoms with E-state index in [1.54, 1.807) is 11.3 Å². The molecule has 0 atom stereocenters. The highest BCUT2D eigenvalue weighted by molar-refractivity contribution is 7.25. The van der Waals surface area contributed by atoms with E-state index in [9.17, 15) is 5.48 Å². The Hall–Kier alpha value is -7.41. The van der Waals surface area contributed by atoms with Gasteiger partial charge < -0.3 is 8.83 Å². The summed E-state index contributed by atoms with van der Waals surface area (Å²) < 4.78 is 70.6. The first-order valence-corrected chi connectivity index (χ1v) is 19.2. The van der Waals surface area contributed by atoms with Crippen molar-refractivity contribution in [3.05, 3.63) is 176 Å². The Morgan fingerprint density at radius 1 is 0.351 bits per heavy atom. The Labute approximate surface area is 338 Å². The fourth-order valence-corrected chi connectivity index (χ4v) is 8.73. The molecule has 0 saturated carbocycles. The van der Waals surface area contributed by atoms with Crippen LogP contribution in [0.15, 0.2) is 185 Å². The molecular formula is C51H29N3O2S. The Kier molecular flexibility index (Phi) is 5.82. The summed E-state index contributed by atoms with van der Waals surface area (Å²) in [5, 5.41) is 4.12. The number of hydrogen-bond donors (Lipinski definition) is 0. The van der Waals surface area contributed by atoms with Crippen molar-refractivity contribution in [1.82, 2.24) is 15.0 Å². The lowest BCUT2D eigenvalue weighted by molar-refractivity contribution is 0.668. The van der Waals surface area contributed by atoms with Crippen LogP contribution in [-0.4, -0.2) is 15.0 Å². The molecule has 12 rings (SSSR count). The molecule has 0 fully saturated rings. The van der Waals surface area contributed by atoms with Crippen LogP contribution in [0.25, 0.3) is 120 Å². The first-order chi connectivity index (χ1) is 30.7. The van der Waals surface area contributed by atoms with Crippen LogP contribution >= 0.6 is 11.3 Å². The summed E-state index contributed by atoms with van der Waals surface area (Å²) in [6.07, 6.45) is 0. The largest absolute Gasteiger partial charge is 0.456 e.